The Hall–Kier alpha value is -5.56. The average molecular weight is 924 g/mol. The number of unbranched alkanes of at least 4 members (excludes halogenated alkanes) is 13. The molecule has 11 heteroatoms. The third-order valence-corrected chi connectivity index (χ3v) is 15.8. The lowest BCUT2D eigenvalue weighted by Gasteiger charge is -2.26. The minimum atomic E-state index is -0.416. The molecule has 0 radical (unpaired) electrons. The summed E-state index contributed by atoms with van der Waals surface area (Å²) in [5.74, 6) is 0.425. The van der Waals surface area contributed by atoms with Crippen LogP contribution in [0.3, 0.4) is 0 Å². The molecule has 7 nitrogen and oxygen atoms in total. The maximum Gasteiger partial charge on any atom is 0.299 e. The molecule has 0 aliphatic heterocycles. The predicted octanol–water partition coefficient (Wildman–Crippen LogP) is 16.6. The van der Waals surface area contributed by atoms with Crippen molar-refractivity contribution in [1.82, 2.24) is 0 Å². The number of nitrogens with zero attached hydrogens (tertiary/aromatic N) is 3. The Kier molecular flexibility index (Phi) is 17.4. The molecule has 0 unspecified atom stereocenters. The minimum Gasteiger partial charge on any atom is -0.494 e. The smallest absolute Gasteiger partial charge is 0.299 e. The summed E-state index contributed by atoms with van der Waals surface area (Å²) in [7, 11) is 0. The van der Waals surface area contributed by atoms with Gasteiger partial charge in [-0.15, -0.1) is 45.3 Å². The van der Waals surface area contributed by atoms with Gasteiger partial charge < -0.3 is 14.4 Å². The summed E-state index contributed by atoms with van der Waals surface area (Å²) in [4.78, 5) is 28.8. The number of carbonyl (C=O) groups excluding carboxylic acids is 2. The van der Waals surface area contributed by atoms with Gasteiger partial charge in [0.1, 0.15) is 17.9 Å². The lowest BCUT2D eigenvalue weighted by molar-refractivity contribution is -0.124. The van der Waals surface area contributed by atoms with Crippen molar-refractivity contribution in [3.63, 3.8) is 0 Å². The summed E-state index contributed by atoms with van der Waals surface area (Å²) >= 11 is 6.51. The van der Waals surface area contributed by atoms with Gasteiger partial charge in [0.15, 0.2) is 0 Å². The van der Waals surface area contributed by atoms with E-state index < -0.39 is 5.78 Å². The third kappa shape index (κ3) is 12.8. The number of ether oxygens (including phenoxy) is 2. The van der Waals surface area contributed by atoms with Crippen molar-refractivity contribution in [3.8, 4) is 38.8 Å². The van der Waals surface area contributed by atoms with Gasteiger partial charge in [0.2, 0.25) is 11.5 Å². The van der Waals surface area contributed by atoms with Gasteiger partial charge in [-0.05, 0) is 90.3 Å². The molecule has 4 heterocycles. The molecule has 0 aliphatic rings. The van der Waals surface area contributed by atoms with Crippen LogP contribution in [-0.2, 0) is 20.7 Å². The van der Waals surface area contributed by atoms with Gasteiger partial charge in [-0.2, -0.15) is 10.5 Å². The van der Waals surface area contributed by atoms with Crippen LogP contribution in [0.1, 0.15) is 107 Å². The van der Waals surface area contributed by atoms with Crippen LogP contribution in [0.25, 0.3) is 45.8 Å². The maximum absolute atomic E-state index is 11.7. The molecule has 0 saturated heterocycles. The van der Waals surface area contributed by atoms with Crippen LogP contribution < -0.4 is 9.64 Å². The van der Waals surface area contributed by atoms with Gasteiger partial charge in [0.25, 0.3) is 6.47 Å². The van der Waals surface area contributed by atoms with Gasteiger partial charge in [-0.25, -0.2) is 0 Å². The van der Waals surface area contributed by atoms with E-state index in [2.05, 4.69) is 96.8 Å². The molecule has 0 fully saturated rings. The average Bonchev–Trinajstić information content (AvgIpc) is 4.09. The van der Waals surface area contributed by atoms with Gasteiger partial charge in [-0.1, -0.05) is 115 Å². The Morgan fingerprint density at radius 1 is 0.594 bits per heavy atom. The van der Waals surface area contributed by atoms with E-state index in [0.29, 0.717) is 0 Å². The molecule has 7 rings (SSSR count). The maximum atomic E-state index is 11.7. The van der Waals surface area contributed by atoms with Gasteiger partial charge in [0, 0.05) is 61.4 Å². The number of fused-ring (bicyclic) bond motifs is 2. The Morgan fingerprint density at radius 2 is 1.08 bits per heavy atom. The molecule has 328 valence electrons. The van der Waals surface area contributed by atoms with Crippen molar-refractivity contribution in [2.24, 2.45) is 0 Å². The number of carbonyl (C=O) groups is 2. The fraction of sp³-hybridized carbons (Fsp3) is 0.321. The van der Waals surface area contributed by atoms with Crippen LogP contribution >= 0.6 is 45.3 Å². The molecular weight excluding hydrogens is 871 g/mol. The quantitative estimate of drug-likeness (QED) is 0.0175. The molecule has 7 aromatic rings. The molecule has 0 spiro atoms. The van der Waals surface area contributed by atoms with E-state index >= 15 is 0 Å². The van der Waals surface area contributed by atoms with Gasteiger partial charge >= 0.3 is 0 Å². The fourth-order valence-electron chi connectivity index (χ4n) is 7.83. The summed E-state index contributed by atoms with van der Waals surface area (Å²) < 4.78 is 15.4. The minimum absolute atomic E-state index is 0.0326. The second-order valence-electron chi connectivity index (χ2n) is 16.0. The summed E-state index contributed by atoms with van der Waals surface area (Å²) in [6, 6.07) is 37.7. The summed E-state index contributed by atoms with van der Waals surface area (Å²) in [5, 5.41) is 18.2. The first-order valence-corrected chi connectivity index (χ1v) is 25.7. The van der Waals surface area contributed by atoms with E-state index in [0.717, 1.165) is 85.3 Å². The second kappa shape index (κ2) is 23.9. The van der Waals surface area contributed by atoms with Crippen molar-refractivity contribution in [1.29, 1.82) is 10.5 Å². The third-order valence-electron chi connectivity index (χ3n) is 11.2. The number of thiophene rings is 4. The van der Waals surface area contributed by atoms with Crippen molar-refractivity contribution in [3.05, 3.63) is 113 Å². The Morgan fingerprint density at radius 3 is 1.56 bits per heavy atom. The highest BCUT2D eigenvalue weighted by Gasteiger charge is 2.16. The van der Waals surface area contributed by atoms with Crippen molar-refractivity contribution < 1.29 is 19.1 Å². The molecule has 0 amide bonds. The zero-order valence-corrected chi connectivity index (χ0v) is 39.6. The number of anilines is 3. The fourth-order valence-corrected chi connectivity index (χ4v) is 12.6. The van der Waals surface area contributed by atoms with Crippen LogP contribution in [0.4, 0.5) is 17.1 Å². The first-order valence-electron chi connectivity index (χ1n) is 22.4. The topological polar surface area (TPSA) is 103 Å². The second-order valence-corrected chi connectivity index (χ2v) is 20.4. The van der Waals surface area contributed by atoms with E-state index in [1.165, 1.54) is 83.5 Å². The molecule has 0 bridgehead atoms. The highest BCUT2D eigenvalue weighted by atomic mass is 32.1. The molecule has 4 aromatic heterocycles. The number of Topliss-reactive ketones (excluding diaryl/α,β-unsaturated/α-hetero) is 1. The number of nitriles is 2. The Labute approximate surface area is 392 Å². The summed E-state index contributed by atoms with van der Waals surface area (Å²) in [6.45, 7) is 3.27. The highest BCUT2D eigenvalue weighted by Crippen LogP contribution is 2.43. The van der Waals surface area contributed by atoms with E-state index in [1.54, 1.807) is 57.5 Å². The summed E-state index contributed by atoms with van der Waals surface area (Å²) in [6.07, 6.45) is 20.4. The molecule has 0 aliphatic carbocycles. The number of rotatable bonds is 26. The van der Waals surface area contributed by atoms with E-state index in [1.807, 2.05) is 18.2 Å². The van der Waals surface area contributed by atoms with Gasteiger partial charge in [-0.3, -0.25) is 9.59 Å². The van der Waals surface area contributed by atoms with Crippen molar-refractivity contribution in [2.75, 3.05) is 11.5 Å². The van der Waals surface area contributed by atoms with Crippen LogP contribution in [-0.4, -0.2) is 18.9 Å². The van der Waals surface area contributed by atoms with Crippen LogP contribution in [0.2, 0.25) is 0 Å². The Balaban J connectivity index is 0.999. The molecule has 3 aromatic carbocycles. The number of hydrogen-bond donors (Lipinski definition) is 0. The van der Waals surface area contributed by atoms with Crippen LogP contribution in [0.15, 0.2) is 103 Å². The molecule has 64 heavy (non-hydrogen) atoms. The lowest BCUT2D eigenvalue weighted by atomic mass is 10.0. The first-order chi connectivity index (χ1) is 31.4. The van der Waals surface area contributed by atoms with Crippen molar-refractivity contribution >= 4 is 99.5 Å². The highest BCUT2D eigenvalue weighted by molar-refractivity contribution is 7.30. The Bertz CT molecular complexity index is 2650. The lowest BCUT2D eigenvalue weighted by Crippen LogP contribution is -2.10. The van der Waals surface area contributed by atoms with E-state index in [-0.39, 0.29) is 18.7 Å². The predicted molar refractivity (Wildman–Crippen MR) is 269 cm³/mol. The van der Waals surface area contributed by atoms with E-state index in [9.17, 15) is 14.9 Å². The number of hydrogen-bond acceptors (Lipinski definition) is 11. The molecule has 0 N–H and O–H groups in total. The largest absolute Gasteiger partial charge is 0.494 e. The zero-order chi connectivity index (χ0) is 44.5. The SMILES string of the molecule is CCCCCCCCCCCCCCCCOc1ccc(N(c2ccc(-c3cc4sc(C=C(C#N)OC=O)cc4s3)cc2)c2ccc(-c3cc4sc(CC(=O)C#N)cc4s3)cc2)cc1. The molecule has 0 saturated carbocycles. The van der Waals surface area contributed by atoms with E-state index in [4.69, 9.17) is 14.7 Å². The molecular formula is C53H53N3O4S4. The zero-order valence-electron chi connectivity index (χ0n) is 36.3. The number of ketones is 1. The number of benzene rings is 3. The standard InChI is InChI=1S/C53H53N3O4S4/c1-2-3-4-5-6-7-8-9-10-11-12-13-14-15-28-59-44-26-24-42(25-27-44)56(40-20-16-38(17-21-40)48-33-52-50(63-48)31-46(61-52)29-43(58)35-54)41-22-18-39(19-23-41)49-34-53-51(64-49)32-47(62-53)30-45(36-55)60-37-57/h16-27,30-34,37H,2-15,28-29H2,1H3. The van der Waals surface area contributed by atoms with Crippen molar-refractivity contribution in [2.45, 2.75) is 103 Å². The normalized spacial score (nSPS) is 11.5. The monoisotopic (exact) mass is 923 g/mol. The van der Waals surface area contributed by atoms with Crippen LogP contribution in [0, 0.1) is 22.7 Å². The number of allylic oxidation sites excluding steroid dienone is 1. The van der Waals surface area contributed by atoms with Gasteiger partial charge in [0.05, 0.1) is 13.0 Å². The summed E-state index contributed by atoms with van der Waals surface area (Å²) in [5.41, 5.74) is 5.29. The van der Waals surface area contributed by atoms with Crippen LogP contribution in [0.5, 0.6) is 5.75 Å². The first kappa shape index (κ1) is 46.4. The molecule has 0 atom stereocenters.